The van der Waals surface area contributed by atoms with Crippen molar-refractivity contribution in [2.75, 3.05) is 0 Å². The zero-order chi connectivity index (χ0) is 18.0. The normalized spacial score (nSPS) is 12.3. The Kier molecular flexibility index (Phi) is 4.99. The summed E-state index contributed by atoms with van der Waals surface area (Å²) >= 11 is 1.43. The fourth-order valence-corrected chi connectivity index (χ4v) is 3.42. The Bertz CT molecular complexity index is 957. The molecule has 0 amide bonds. The van der Waals surface area contributed by atoms with Crippen molar-refractivity contribution in [2.45, 2.75) is 39.8 Å². The second kappa shape index (κ2) is 7.19. The molecule has 2 heterocycles. The summed E-state index contributed by atoms with van der Waals surface area (Å²) in [5.74, 6) is -0.426. The molecule has 25 heavy (non-hydrogen) atoms. The minimum absolute atomic E-state index is 0.130. The van der Waals surface area contributed by atoms with E-state index in [2.05, 4.69) is 4.98 Å². The number of aryl methyl sites for hydroxylation is 1. The molecule has 0 aliphatic rings. The van der Waals surface area contributed by atoms with Crippen LogP contribution < -0.4 is 5.56 Å². The van der Waals surface area contributed by atoms with E-state index < -0.39 is 5.97 Å². The molecule has 0 radical (unpaired) electrons. The molecular weight excluding hydrogens is 336 g/mol. The van der Waals surface area contributed by atoms with Gasteiger partial charge in [0, 0.05) is 10.9 Å². The van der Waals surface area contributed by atoms with E-state index in [1.165, 1.54) is 22.2 Å². The zero-order valence-corrected chi connectivity index (χ0v) is 15.3. The standard InChI is InChI=1S/C19H20N2O3S/c1-4-13(3)24-16(22)9-21-11-20-18-17(19(21)23)15(10-25-18)14-7-5-12(2)6-8-14/h5-8,10-11,13H,4,9H2,1-3H3. The van der Waals surface area contributed by atoms with Crippen molar-refractivity contribution in [1.82, 2.24) is 9.55 Å². The number of benzene rings is 1. The molecule has 1 aromatic carbocycles. The molecule has 130 valence electrons. The van der Waals surface area contributed by atoms with E-state index in [9.17, 15) is 9.59 Å². The number of carbonyl (C=O) groups excluding carboxylic acids is 1. The van der Waals surface area contributed by atoms with Gasteiger partial charge in [-0.2, -0.15) is 0 Å². The average molecular weight is 356 g/mol. The molecule has 0 saturated heterocycles. The van der Waals surface area contributed by atoms with E-state index in [1.807, 2.05) is 50.4 Å². The quantitative estimate of drug-likeness (QED) is 0.653. The van der Waals surface area contributed by atoms with Crippen LogP contribution in [0.4, 0.5) is 0 Å². The third kappa shape index (κ3) is 3.64. The van der Waals surface area contributed by atoms with Crippen LogP contribution in [-0.2, 0) is 16.1 Å². The monoisotopic (exact) mass is 356 g/mol. The second-order valence-corrected chi connectivity index (χ2v) is 6.94. The summed E-state index contributed by atoms with van der Waals surface area (Å²) in [4.78, 5) is 29.9. The van der Waals surface area contributed by atoms with Gasteiger partial charge in [-0.05, 0) is 25.8 Å². The van der Waals surface area contributed by atoms with E-state index in [4.69, 9.17) is 4.74 Å². The van der Waals surface area contributed by atoms with Gasteiger partial charge in [0.15, 0.2) is 0 Å². The van der Waals surface area contributed by atoms with Crippen LogP contribution in [0.1, 0.15) is 25.8 Å². The van der Waals surface area contributed by atoms with Crippen molar-refractivity contribution in [3.63, 3.8) is 0 Å². The summed E-state index contributed by atoms with van der Waals surface area (Å²) < 4.78 is 6.57. The zero-order valence-electron chi connectivity index (χ0n) is 14.5. The van der Waals surface area contributed by atoms with Crippen LogP contribution in [-0.4, -0.2) is 21.6 Å². The van der Waals surface area contributed by atoms with Crippen LogP contribution in [0.5, 0.6) is 0 Å². The number of esters is 1. The Morgan fingerprint density at radius 2 is 2.04 bits per heavy atom. The topological polar surface area (TPSA) is 61.2 Å². The van der Waals surface area contributed by atoms with Gasteiger partial charge in [0.1, 0.15) is 11.4 Å². The molecule has 0 fully saturated rings. The molecule has 5 nitrogen and oxygen atoms in total. The summed E-state index contributed by atoms with van der Waals surface area (Å²) in [7, 11) is 0. The maximum atomic E-state index is 12.9. The van der Waals surface area contributed by atoms with Crippen molar-refractivity contribution in [3.8, 4) is 11.1 Å². The molecule has 0 bridgehead atoms. The Hall–Kier alpha value is -2.47. The van der Waals surface area contributed by atoms with E-state index in [0.29, 0.717) is 10.2 Å². The molecule has 0 aliphatic heterocycles. The first-order chi connectivity index (χ1) is 12.0. The number of aromatic nitrogens is 2. The molecule has 0 saturated carbocycles. The molecule has 3 rings (SSSR count). The Morgan fingerprint density at radius 3 is 2.72 bits per heavy atom. The van der Waals surface area contributed by atoms with E-state index in [-0.39, 0.29) is 18.2 Å². The molecule has 1 atom stereocenters. The lowest BCUT2D eigenvalue weighted by Crippen LogP contribution is -2.27. The van der Waals surface area contributed by atoms with Gasteiger partial charge in [-0.3, -0.25) is 14.2 Å². The highest BCUT2D eigenvalue weighted by atomic mass is 32.1. The lowest BCUT2D eigenvalue weighted by atomic mass is 10.1. The van der Waals surface area contributed by atoms with Gasteiger partial charge in [-0.15, -0.1) is 11.3 Å². The molecule has 3 aromatic rings. The van der Waals surface area contributed by atoms with Crippen LogP contribution >= 0.6 is 11.3 Å². The van der Waals surface area contributed by atoms with Gasteiger partial charge in [-0.1, -0.05) is 36.8 Å². The molecule has 1 unspecified atom stereocenters. The maximum absolute atomic E-state index is 12.9. The molecule has 2 aromatic heterocycles. The number of nitrogens with zero attached hydrogens (tertiary/aromatic N) is 2. The fourth-order valence-electron chi connectivity index (χ4n) is 2.51. The number of carbonyl (C=O) groups is 1. The molecule has 0 spiro atoms. The van der Waals surface area contributed by atoms with E-state index >= 15 is 0 Å². The minimum atomic E-state index is -0.426. The molecule has 0 aliphatic carbocycles. The maximum Gasteiger partial charge on any atom is 0.326 e. The summed E-state index contributed by atoms with van der Waals surface area (Å²) in [6.45, 7) is 5.66. The van der Waals surface area contributed by atoms with Gasteiger partial charge in [0.2, 0.25) is 0 Å². The predicted octanol–water partition coefficient (Wildman–Crippen LogP) is 3.78. The van der Waals surface area contributed by atoms with E-state index in [1.54, 1.807) is 0 Å². The van der Waals surface area contributed by atoms with Crippen molar-refractivity contribution in [1.29, 1.82) is 0 Å². The van der Waals surface area contributed by atoms with Crippen molar-refractivity contribution < 1.29 is 9.53 Å². The Labute approximate surface area is 149 Å². The molecular formula is C19H20N2O3S. The lowest BCUT2D eigenvalue weighted by molar-refractivity contribution is -0.149. The smallest absolute Gasteiger partial charge is 0.326 e. The minimum Gasteiger partial charge on any atom is -0.461 e. The van der Waals surface area contributed by atoms with Gasteiger partial charge >= 0.3 is 5.97 Å². The third-order valence-corrected chi connectivity index (χ3v) is 5.02. The highest BCUT2D eigenvalue weighted by Gasteiger charge is 2.16. The predicted molar refractivity (Wildman–Crippen MR) is 99.9 cm³/mol. The Morgan fingerprint density at radius 1 is 1.32 bits per heavy atom. The number of fused-ring (bicyclic) bond motifs is 1. The summed E-state index contributed by atoms with van der Waals surface area (Å²) in [5.41, 5.74) is 2.76. The number of ether oxygens (including phenoxy) is 1. The van der Waals surface area contributed by atoms with Crippen molar-refractivity contribution in [2.24, 2.45) is 0 Å². The number of rotatable bonds is 5. The lowest BCUT2D eigenvalue weighted by Gasteiger charge is -2.11. The molecule has 6 heteroatoms. The SMILES string of the molecule is CCC(C)OC(=O)Cn1cnc2scc(-c3ccc(C)cc3)c2c1=O. The first-order valence-electron chi connectivity index (χ1n) is 8.22. The first-order valence-corrected chi connectivity index (χ1v) is 9.10. The number of thiophene rings is 1. The third-order valence-electron chi connectivity index (χ3n) is 4.13. The first kappa shape index (κ1) is 17.4. The average Bonchev–Trinajstić information content (AvgIpc) is 3.02. The van der Waals surface area contributed by atoms with Crippen LogP contribution in [0, 0.1) is 6.92 Å². The highest BCUT2D eigenvalue weighted by Crippen LogP contribution is 2.30. The Balaban J connectivity index is 1.99. The summed E-state index contributed by atoms with van der Waals surface area (Å²) in [6, 6.07) is 8.00. The number of hydrogen-bond acceptors (Lipinski definition) is 5. The summed E-state index contributed by atoms with van der Waals surface area (Å²) in [5, 5.41) is 2.48. The van der Waals surface area contributed by atoms with Crippen LogP contribution in [0.25, 0.3) is 21.3 Å². The number of hydrogen-bond donors (Lipinski definition) is 0. The van der Waals surface area contributed by atoms with Gasteiger partial charge in [-0.25, -0.2) is 4.98 Å². The van der Waals surface area contributed by atoms with Gasteiger partial charge in [0.25, 0.3) is 5.56 Å². The van der Waals surface area contributed by atoms with Crippen LogP contribution in [0.3, 0.4) is 0 Å². The van der Waals surface area contributed by atoms with Crippen molar-refractivity contribution in [3.05, 3.63) is 51.9 Å². The second-order valence-electron chi connectivity index (χ2n) is 6.08. The highest BCUT2D eigenvalue weighted by molar-refractivity contribution is 7.17. The van der Waals surface area contributed by atoms with Gasteiger partial charge in [0.05, 0.1) is 17.8 Å². The molecule has 0 N–H and O–H groups in total. The van der Waals surface area contributed by atoms with Gasteiger partial charge < -0.3 is 4.74 Å². The van der Waals surface area contributed by atoms with Crippen LogP contribution in [0.2, 0.25) is 0 Å². The van der Waals surface area contributed by atoms with Crippen molar-refractivity contribution >= 4 is 27.5 Å². The fraction of sp³-hybridized carbons (Fsp3) is 0.316. The largest absolute Gasteiger partial charge is 0.461 e. The summed E-state index contributed by atoms with van der Waals surface area (Å²) in [6.07, 6.45) is 1.99. The van der Waals surface area contributed by atoms with E-state index in [0.717, 1.165) is 23.1 Å². The van der Waals surface area contributed by atoms with Crippen LogP contribution in [0.15, 0.2) is 40.8 Å².